The molecule has 0 aromatic rings. The van der Waals surface area contributed by atoms with Crippen LogP contribution in [0.25, 0.3) is 0 Å². The Morgan fingerprint density at radius 1 is 1.08 bits per heavy atom. The van der Waals surface area contributed by atoms with E-state index >= 15 is 0 Å². The minimum absolute atomic E-state index is 0. The fraction of sp³-hybridized carbons (Fsp3) is 1.00. The van der Waals surface area contributed by atoms with E-state index in [4.69, 9.17) is 4.74 Å². The van der Waals surface area contributed by atoms with Crippen LogP contribution in [0.4, 0.5) is 0 Å². The molecule has 1 atom stereocenters. The third-order valence-electron chi connectivity index (χ3n) is 2.82. The van der Waals surface area contributed by atoms with Crippen molar-refractivity contribution in [3.63, 3.8) is 0 Å². The van der Waals surface area contributed by atoms with Gasteiger partial charge in [-0.3, -0.25) is 5.32 Å². The highest BCUT2D eigenvalue weighted by molar-refractivity contribution is 5.85. The molecule has 0 aromatic heterocycles. The van der Waals surface area contributed by atoms with Gasteiger partial charge in [-0.15, -0.1) is 12.4 Å². The van der Waals surface area contributed by atoms with E-state index in [9.17, 15) is 0 Å². The van der Waals surface area contributed by atoms with Crippen LogP contribution in [-0.4, -0.2) is 19.4 Å². The minimum Gasteiger partial charge on any atom is -0.362 e. The Morgan fingerprint density at radius 3 is 2.42 bits per heavy atom. The van der Waals surface area contributed by atoms with Crippen molar-refractivity contribution in [1.82, 2.24) is 5.32 Å². The lowest BCUT2D eigenvalue weighted by Crippen LogP contribution is -2.32. The van der Waals surface area contributed by atoms with Gasteiger partial charge in [-0.2, -0.15) is 0 Å². The Kier molecular flexibility index (Phi) is 4.33. The summed E-state index contributed by atoms with van der Waals surface area (Å²) in [5.74, 6) is 0.811. The van der Waals surface area contributed by atoms with E-state index < -0.39 is 0 Å². The summed E-state index contributed by atoms with van der Waals surface area (Å²) < 4.78 is 5.58. The zero-order chi connectivity index (χ0) is 7.52. The highest BCUT2D eigenvalue weighted by atomic mass is 35.5. The summed E-state index contributed by atoms with van der Waals surface area (Å²) in [5.41, 5.74) is 0. The Hall–Kier alpha value is 0.210. The molecule has 1 heterocycles. The summed E-state index contributed by atoms with van der Waals surface area (Å²) >= 11 is 0. The summed E-state index contributed by atoms with van der Waals surface area (Å²) in [6, 6.07) is 0. The van der Waals surface area contributed by atoms with Crippen LogP contribution in [0.5, 0.6) is 0 Å². The zero-order valence-corrected chi connectivity index (χ0v) is 8.24. The van der Waals surface area contributed by atoms with Crippen LogP contribution < -0.4 is 5.32 Å². The van der Waals surface area contributed by atoms with Crippen LogP contribution in [0.1, 0.15) is 32.1 Å². The second-order valence-corrected chi connectivity index (χ2v) is 3.64. The van der Waals surface area contributed by atoms with Crippen molar-refractivity contribution in [2.75, 3.05) is 13.2 Å². The van der Waals surface area contributed by atoms with E-state index in [0.29, 0.717) is 6.23 Å². The Labute approximate surface area is 80.5 Å². The summed E-state index contributed by atoms with van der Waals surface area (Å²) in [5, 5.41) is 3.40. The molecular weight excluding hydrogens is 174 g/mol. The van der Waals surface area contributed by atoms with Crippen LogP contribution in [0, 0.1) is 5.92 Å². The minimum atomic E-state index is 0. The molecule has 0 radical (unpaired) electrons. The van der Waals surface area contributed by atoms with Crippen molar-refractivity contribution in [1.29, 1.82) is 0 Å². The number of halogens is 1. The third-order valence-corrected chi connectivity index (χ3v) is 2.82. The molecule has 1 unspecified atom stereocenters. The number of ether oxygens (including phenoxy) is 1. The molecule has 2 rings (SSSR count). The maximum Gasteiger partial charge on any atom is 0.111 e. The van der Waals surface area contributed by atoms with Crippen LogP contribution >= 0.6 is 12.4 Å². The Balaban J connectivity index is 0.000000720. The van der Waals surface area contributed by atoms with Crippen molar-refractivity contribution in [2.45, 2.75) is 38.3 Å². The highest BCUT2D eigenvalue weighted by Gasteiger charge is 2.26. The standard InChI is InChI=1S/C9H17NO.ClH/c1-2-4-8(5-3-1)9-10-6-7-11-9;/h8-10H,1-7H2;1H. The summed E-state index contributed by atoms with van der Waals surface area (Å²) in [6.07, 6.45) is 7.40. The van der Waals surface area contributed by atoms with Gasteiger partial charge in [0.25, 0.3) is 0 Å². The van der Waals surface area contributed by atoms with E-state index in [1.165, 1.54) is 32.1 Å². The van der Waals surface area contributed by atoms with Gasteiger partial charge in [-0.25, -0.2) is 0 Å². The number of hydrogen-bond donors (Lipinski definition) is 1. The molecule has 0 aromatic carbocycles. The van der Waals surface area contributed by atoms with Gasteiger partial charge in [0.15, 0.2) is 0 Å². The quantitative estimate of drug-likeness (QED) is 0.684. The first-order chi connectivity index (χ1) is 5.47. The molecular formula is C9H18ClNO. The van der Waals surface area contributed by atoms with Crippen molar-refractivity contribution >= 4 is 12.4 Å². The van der Waals surface area contributed by atoms with Gasteiger partial charge in [0.1, 0.15) is 6.23 Å². The van der Waals surface area contributed by atoms with Crippen molar-refractivity contribution < 1.29 is 4.74 Å². The fourth-order valence-electron chi connectivity index (χ4n) is 2.19. The molecule has 1 saturated carbocycles. The topological polar surface area (TPSA) is 21.3 Å². The van der Waals surface area contributed by atoms with E-state index in [1.54, 1.807) is 0 Å². The van der Waals surface area contributed by atoms with Crippen LogP contribution in [0.3, 0.4) is 0 Å². The zero-order valence-electron chi connectivity index (χ0n) is 7.42. The molecule has 1 aliphatic carbocycles. The molecule has 0 amide bonds. The number of nitrogens with one attached hydrogen (secondary N) is 1. The lowest BCUT2D eigenvalue weighted by Gasteiger charge is -2.26. The average Bonchev–Trinajstić information content (AvgIpc) is 2.58. The SMILES string of the molecule is C1CCC(C2NCCO2)CC1.Cl. The summed E-state index contributed by atoms with van der Waals surface area (Å²) in [7, 11) is 0. The monoisotopic (exact) mass is 191 g/mol. The first-order valence-corrected chi connectivity index (χ1v) is 4.82. The maximum atomic E-state index is 5.58. The van der Waals surface area contributed by atoms with E-state index in [2.05, 4.69) is 5.32 Å². The normalized spacial score (nSPS) is 31.5. The molecule has 1 aliphatic heterocycles. The maximum absolute atomic E-state index is 5.58. The van der Waals surface area contributed by atoms with Gasteiger partial charge in [0, 0.05) is 6.54 Å². The number of rotatable bonds is 1. The van der Waals surface area contributed by atoms with Gasteiger partial charge in [-0.05, 0) is 18.8 Å². The molecule has 3 heteroatoms. The molecule has 0 bridgehead atoms. The lowest BCUT2D eigenvalue weighted by molar-refractivity contribution is 0.0369. The molecule has 0 spiro atoms. The smallest absolute Gasteiger partial charge is 0.111 e. The van der Waals surface area contributed by atoms with E-state index in [0.717, 1.165) is 19.1 Å². The van der Waals surface area contributed by atoms with Crippen LogP contribution in [-0.2, 0) is 4.74 Å². The van der Waals surface area contributed by atoms with E-state index in [1.807, 2.05) is 0 Å². The Morgan fingerprint density at radius 2 is 1.83 bits per heavy atom. The third kappa shape index (κ3) is 2.35. The fourth-order valence-corrected chi connectivity index (χ4v) is 2.19. The van der Waals surface area contributed by atoms with E-state index in [-0.39, 0.29) is 12.4 Å². The van der Waals surface area contributed by atoms with Crippen molar-refractivity contribution in [2.24, 2.45) is 5.92 Å². The predicted octanol–water partition coefficient (Wildman–Crippen LogP) is 1.93. The first kappa shape index (κ1) is 10.3. The van der Waals surface area contributed by atoms with Gasteiger partial charge < -0.3 is 4.74 Å². The molecule has 12 heavy (non-hydrogen) atoms. The average molecular weight is 192 g/mol. The predicted molar refractivity (Wildman–Crippen MR) is 51.6 cm³/mol. The second kappa shape index (κ2) is 5.05. The lowest BCUT2D eigenvalue weighted by atomic mass is 9.88. The second-order valence-electron chi connectivity index (χ2n) is 3.64. The molecule has 2 nitrogen and oxygen atoms in total. The molecule has 1 saturated heterocycles. The van der Waals surface area contributed by atoms with Gasteiger partial charge in [0.2, 0.25) is 0 Å². The molecule has 1 N–H and O–H groups in total. The molecule has 2 fully saturated rings. The molecule has 2 aliphatic rings. The largest absolute Gasteiger partial charge is 0.362 e. The van der Waals surface area contributed by atoms with Gasteiger partial charge in [0.05, 0.1) is 6.61 Å². The number of hydrogen-bond acceptors (Lipinski definition) is 2. The van der Waals surface area contributed by atoms with Crippen molar-refractivity contribution in [3.05, 3.63) is 0 Å². The van der Waals surface area contributed by atoms with Gasteiger partial charge >= 0.3 is 0 Å². The Bertz CT molecular complexity index is 120. The molecule has 72 valence electrons. The van der Waals surface area contributed by atoms with Gasteiger partial charge in [-0.1, -0.05) is 19.3 Å². The first-order valence-electron chi connectivity index (χ1n) is 4.82. The highest BCUT2D eigenvalue weighted by Crippen LogP contribution is 2.27. The van der Waals surface area contributed by atoms with Crippen LogP contribution in [0.2, 0.25) is 0 Å². The summed E-state index contributed by atoms with van der Waals surface area (Å²) in [4.78, 5) is 0. The van der Waals surface area contributed by atoms with Crippen LogP contribution in [0.15, 0.2) is 0 Å². The van der Waals surface area contributed by atoms with Crippen molar-refractivity contribution in [3.8, 4) is 0 Å². The summed E-state index contributed by atoms with van der Waals surface area (Å²) in [6.45, 7) is 1.97.